The van der Waals surface area contributed by atoms with Crippen LogP contribution in [-0.4, -0.2) is 23.7 Å². The van der Waals surface area contributed by atoms with E-state index >= 15 is 0 Å². The summed E-state index contributed by atoms with van der Waals surface area (Å²) in [7, 11) is 0. The van der Waals surface area contributed by atoms with E-state index in [-0.39, 0.29) is 29.6 Å². The zero-order valence-electron chi connectivity index (χ0n) is 6.59. The highest BCUT2D eigenvalue weighted by Gasteiger charge is 2.09. The summed E-state index contributed by atoms with van der Waals surface area (Å²) in [5.41, 5.74) is 0. The highest BCUT2D eigenvalue weighted by molar-refractivity contribution is 9.09. The predicted octanol–water partition coefficient (Wildman–Crippen LogP) is 1.15. The van der Waals surface area contributed by atoms with E-state index in [0.717, 1.165) is 0 Å². The van der Waals surface area contributed by atoms with Crippen molar-refractivity contribution in [3.05, 3.63) is 0 Å². The Morgan fingerprint density at radius 1 is 1.55 bits per heavy atom. The van der Waals surface area contributed by atoms with E-state index in [0.29, 0.717) is 0 Å². The number of hydrogen-bond donors (Lipinski definition) is 0. The molecule has 0 aliphatic carbocycles. The Labute approximate surface area is 74.2 Å². The molecule has 0 amide bonds. The SMILES string of the molecule is CC(=O)C(C)COC(=O)CBr. The van der Waals surface area contributed by atoms with E-state index in [9.17, 15) is 9.59 Å². The molecular weight excluding hydrogens is 212 g/mol. The fourth-order valence-electron chi connectivity index (χ4n) is 0.374. The molecular formula is C7H11BrO3. The molecule has 0 saturated heterocycles. The van der Waals surface area contributed by atoms with Gasteiger partial charge in [-0.3, -0.25) is 9.59 Å². The first-order valence-corrected chi connectivity index (χ1v) is 4.42. The van der Waals surface area contributed by atoms with Gasteiger partial charge in [-0.25, -0.2) is 0 Å². The number of ether oxygens (including phenoxy) is 1. The Morgan fingerprint density at radius 2 is 2.09 bits per heavy atom. The number of halogens is 1. The molecule has 64 valence electrons. The van der Waals surface area contributed by atoms with Crippen LogP contribution in [0, 0.1) is 5.92 Å². The van der Waals surface area contributed by atoms with Gasteiger partial charge >= 0.3 is 5.97 Å². The molecule has 4 heteroatoms. The van der Waals surface area contributed by atoms with Crippen molar-refractivity contribution in [2.45, 2.75) is 13.8 Å². The van der Waals surface area contributed by atoms with Gasteiger partial charge < -0.3 is 4.74 Å². The van der Waals surface area contributed by atoms with Crippen molar-refractivity contribution in [3.8, 4) is 0 Å². The number of rotatable bonds is 4. The van der Waals surface area contributed by atoms with Gasteiger partial charge in [-0.05, 0) is 6.92 Å². The molecule has 0 aromatic carbocycles. The maximum Gasteiger partial charge on any atom is 0.316 e. The minimum absolute atomic E-state index is 0.0346. The van der Waals surface area contributed by atoms with E-state index in [2.05, 4.69) is 15.9 Å². The molecule has 0 radical (unpaired) electrons. The summed E-state index contributed by atoms with van der Waals surface area (Å²) in [5.74, 6) is -0.497. The van der Waals surface area contributed by atoms with Gasteiger partial charge in [-0.1, -0.05) is 22.9 Å². The average Bonchev–Trinajstić information content (AvgIpc) is 1.99. The zero-order chi connectivity index (χ0) is 8.85. The highest BCUT2D eigenvalue weighted by atomic mass is 79.9. The van der Waals surface area contributed by atoms with Crippen LogP contribution in [0.5, 0.6) is 0 Å². The first kappa shape index (κ1) is 10.6. The van der Waals surface area contributed by atoms with Crippen molar-refractivity contribution in [1.82, 2.24) is 0 Å². The van der Waals surface area contributed by atoms with Gasteiger partial charge in [-0.2, -0.15) is 0 Å². The van der Waals surface area contributed by atoms with Crippen LogP contribution in [0.15, 0.2) is 0 Å². The summed E-state index contributed by atoms with van der Waals surface area (Å²) in [6.07, 6.45) is 0. The van der Waals surface area contributed by atoms with E-state index in [1.165, 1.54) is 6.92 Å². The fourth-order valence-corrected chi connectivity index (χ4v) is 0.536. The molecule has 0 spiro atoms. The molecule has 0 aliphatic heterocycles. The van der Waals surface area contributed by atoms with Crippen LogP contribution < -0.4 is 0 Å². The van der Waals surface area contributed by atoms with Crippen LogP contribution in [0.25, 0.3) is 0 Å². The van der Waals surface area contributed by atoms with E-state index < -0.39 is 0 Å². The van der Waals surface area contributed by atoms with Gasteiger partial charge in [0.25, 0.3) is 0 Å². The van der Waals surface area contributed by atoms with E-state index in [4.69, 9.17) is 4.74 Å². The van der Waals surface area contributed by atoms with Crippen molar-refractivity contribution in [2.75, 3.05) is 11.9 Å². The number of hydrogen-bond acceptors (Lipinski definition) is 3. The molecule has 0 rings (SSSR count). The van der Waals surface area contributed by atoms with Crippen LogP contribution in [0.2, 0.25) is 0 Å². The van der Waals surface area contributed by atoms with Gasteiger partial charge in [0.2, 0.25) is 0 Å². The molecule has 11 heavy (non-hydrogen) atoms. The van der Waals surface area contributed by atoms with Crippen LogP contribution in [-0.2, 0) is 14.3 Å². The second kappa shape index (κ2) is 5.29. The van der Waals surface area contributed by atoms with Crippen LogP contribution >= 0.6 is 15.9 Å². The summed E-state index contributed by atoms with van der Waals surface area (Å²) < 4.78 is 4.71. The summed E-state index contributed by atoms with van der Waals surface area (Å²) in [4.78, 5) is 21.2. The Balaban J connectivity index is 3.54. The second-order valence-electron chi connectivity index (χ2n) is 2.33. The lowest BCUT2D eigenvalue weighted by atomic mass is 10.1. The molecule has 0 heterocycles. The Kier molecular flexibility index (Phi) is 5.11. The minimum Gasteiger partial charge on any atom is -0.464 e. The van der Waals surface area contributed by atoms with Gasteiger partial charge in [0.05, 0.1) is 0 Å². The van der Waals surface area contributed by atoms with Gasteiger partial charge in [0.1, 0.15) is 17.7 Å². The van der Waals surface area contributed by atoms with Crippen LogP contribution in [0.3, 0.4) is 0 Å². The van der Waals surface area contributed by atoms with Crippen molar-refractivity contribution < 1.29 is 14.3 Å². The number of carbonyl (C=O) groups is 2. The predicted molar refractivity (Wildman–Crippen MR) is 44.6 cm³/mol. The number of Topliss-reactive ketones (excluding diaryl/α,β-unsaturated/α-hetero) is 1. The largest absolute Gasteiger partial charge is 0.464 e. The lowest BCUT2D eigenvalue weighted by Gasteiger charge is -2.06. The molecule has 3 nitrogen and oxygen atoms in total. The maximum absolute atomic E-state index is 10.6. The minimum atomic E-state index is -0.335. The van der Waals surface area contributed by atoms with E-state index in [1.807, 2.05) is 0 Å². The third-order valence-corrected chi connectivity index (χ3v) is 1.76. The van der Waals surface area contributed by atoms with Gasteiger partial charge in [0, 0.05) is 5.92 Å². The maximum atomic E-state index is 10.6. The normalized spacial score (nSPS) is 12.3. The van der Waals surface area contributed by atoms with Gasteiger partial charge in [-0.15, -0.1) is 0 Å². The summed E-state index contributed by atoms with van der Waals surface area (Å²) in [5, 5.41) is 0.178. The molecule has 0 aliphatic rings. The third kappa shape index (κ3) is 4.95. The van der Waals surface area contributed by atoms with Crippen molar-refractivity contribution in [3.63, 3.8) is 0 Å². The zero-order valence-corrected chi connectivity index (χ0v) is 8.18. The summed E-state index contributed by atoms with van der Waals surface area (Å²) in [6, 6.07) is 0. The summed E-state index contributed by atoms with van der Waals surface area (Å²) >= 11 is 2.94. The number of ketones is 1. The summed E-state index contributed by atoms with van der Waals surface area (Å²) in [6.45, 7) is 3.39. The molecule has 1 atom stereocenters. The van der Waals surface area contributed by atoms with Crippen molar-refractivity contribution in [2.24, 2.45) is 5.92 Å². The molecule has 0 bridgehead atoms. The van der Waals surface area contributed by atoms with Crippen LogP contribution in [0.1, 0.15) is 13.8 Å². The standard InChI is InChI=1S/C7H11BrO3/c1-5(6(2)9)4-11-7(10)3-8/h5H,3-4H2,1-2H3. The molecule has 0 aromatic rings. The third-order valence-electron chi connectivity index (χ3n) is 1.30. The fraction of sp³-hybridized carbons (Fsp3) is 0.714. The number of alkyl halides is 1. The smallest absolute Gasteiger partial charge is 0.316 e. The second-order valence-corrected chi connectivity index (χ2v) is 2.89. The monoisotopic (exact) mass is 222 g/mol. The Hall–Kier alpha value is -0.380. The quantitative estimate of drug-likeness (QED) is 0.530. The number of carbonyl (C=O) groups excluding carboxylic acids is 2. The first-order chi connectivity index (χ1) is 5.07. The Bertz CT molecular complexity index is 156. The topological polar surface area (TPSA) is 43.4 Å². The number of esters is 1. The van der Waals surface area contributed by atoms with Crippen molar-refractivity contribution in [1.29, 1.82) is 0 Å². The van der Waals surface area contributed by atoms with Gasteiger partial charge in [0.15, 0.2) is 0 Å². The molecule has 0 fully saturated rings. The van der Waals surface area contributed by atoms with E-state index in [1.54, 1.807) is 6.92 Å². The highest BCUT2D eigenvalue weighted by Crippen LogP contribution is 1.97. The van der Waals surface area contributed by atoms with Crippen LogP contribution in [0.4, 0.5) is 0 Å². The molecule has 0 N–H and O–H groups in total. The lowest BCUT2D eigenvalue weighted by Crippen LogP contribution is -2.17. The first-order valence-electron chi connectivity index (χ1n) is 3.30. The molecule has 0 aromatic heterocycles. The Morgan fingerprint density at radius 3 is 2.45 bits per heavy atom. The average molecular weight is 223 g/mol. The molecule has 1 unspecified atom stereocenters. The molecule has 0 saturated carbocycles. The lowest BCUT2D eigenvalue weighted by molar-refractivity contribution is -0.142. The van der Waals surface area contributed by atoms with Crippen molar-refractivity contribution >= 4 is 27.7 Å².